The van der Waals surface area contributed by atoms with E-state index in [-0.39, 0.29) is 12.0 Å². The molecule has 0 spiro atoms. The Morgan fingerprint density at radius 3 is 2.64 bits per heavy atom. The number of ether oxygens (including phenoxy) is 1. The highest BCUT2D eigenvalue weighted by molar-refractivity contribution is 6.04. The molecule has 0 unspecified atom stereocenters. The second-order valence-electron chi connectivity index (χ2n) is 6.18. The number of unbranched alkanes of at least 4 members (excludes halogenated alkanes) is 2. The van der Waals surface area contributed by atoms with Gasteiger partial charge < -0.3 is 15.4 Å². The average Bonchev–Trinajstić information content (AvgIpc) is 2.60. The summed E-state index contributed by atoms with van der Waals surface area (Å²) in [5.74, 6) is 1.24. The van der Waals surface area contributed by atoms with E-state index in [1.165, 1.54) is 12.8 Å². The van der Waals surface area contributed by atoms with Gasteiger partial charge in [0.2, 0.25) is 0 Å². The van der Waals surface area contributed by atoms with Gasteiger partial charge >= 0.3 is 0 Å². The third kappa shape index (κ3) is 6.10. The van der Waals surface area contributed by atoms with Gasteiger partial charge in [-0.1, -0.05) is 31.9 Å². The molecule has 0 aliphatic rings. The quantitative estimate of drug-likeness (QED) is 0.648. The molecule has 2 rings (SSSR count). The molecule has 0 atom stereocenters. The highest BCUT2D eigenvalue weighted by atomic mass is 16.5. The minimum absolute atomic E-state index is 0.0396. The van der Waals surface area contributed by atoms with Crippen LogP contribution in [0.1, 0.15) is 50.4 Å². The van der Waals surface area contributed by atoms with Crippen molar-refractivity contribution in [3.63, 3.8) is 0 Å². The van der Waals surface area contributed by atoms with Gasteiger partial charge in [-0.3, -0.25) is 4.79 Å². The zero-order valence-corrected chi connectivity index (χ0v) is 15.2. The highest BCUT2D eigenvalue weighted by Crippen LogP contribution is 2.25. The maximum atomic E-state index is 12.4. The van der Waals surface area contributed by atoms with Crippen LogP contribution in [-0.4, -0.2) is 23.5 Å². The molecule has 2 aromatic rings. The van der Waals surface area contributed by atoms with Crippen LogP contribution >= 0.6 is 0 Å². The Labute approximate surface area is 149 Å². The van der Waals surface area contributed by atoms with Crippen LogP contribution in [0.5, 0.6) is 5.75 Å². The molecule has 0 saturated heterocycles. The number of rotatable bonds is 9. The largest absolute Gasteiger partial charge is 0.489 e. The Bertz CT molecular complexity index is 669. The van der Waals surface area contributed by atoms with Crippen molar-refractivity contribution in [2.24, 2.45) is 0 Å². The van der Waals surface area contributed by atoms with Crippen molar-refractivity contribution < 1.29 is 9.53 Å². The molecule has 1 aromatic heterocycles. The van der Waals surface area contributed by atoms with Crippen LogP contribution in [0.25, 0.3) is 0 Å². The van der Waals surface area contributed by atoms with E-state index in [1.54, 1.807) is 12.3 Å². The second kappa shape index (κ2) is 9.67. The van der Waals surface area contributed by atoms with Crippen molar-refractivity contribution >= 4 is 17.4 Å². The predicted molar refractivity (Wildman–Crippen MR) is 102 cm³/mol. The van der Waals surface area contributed by atoms with Gasteiger partial charge in [0.05, 0.1) is 17.4 Å². The maximum Gasteiger partial charge on any atom is 0.257 e. The number of carbonyl (C=O) groups excluding carboxylic acids is 1. The van der Waals surface area contributed by atoms with Gasteiger partial charge in [0, 0.05) is 12.7 Å². The molecular formula is C20H27N3O2. The fourth-order valence-corrected chi connectivity index (χ4v) is 2.35. The first-order valence-corrected chi connectivity index (χ1v) is 8.87. The van der Waals surface area contributed by atoms with Gasteiger partial charge in [0.15, 0.2) is 0 Å². The number of anilines is 2. The summed E-state index contributed by atoms with van der Waals surface area (Å²) >= 11 is 0. The molecule has 0 fully saturated rings. The number of benzene rings is 1. The maximum absolute atomic E-state index is 12.4. The zero-order chi connectivity index (χ0) is 18.1. The summed E-state index contributed by atoms with van der Waals surface area (Å²) < 4.78 is 5.72. The van der Waals surface area contributed by atoms with Crippen LogP contribution < -0.4 is 15.4 Å². The first kappa shape index (κ1) is 18.8. The van der Waals surface area contributed by atoms with Crippen LogP contribution in [0.4, 0.5) is 11.5 Å². The van der Waals surface area contributed by atoms with Crippen LogP contribution in [0, 0.1) is 0 Å². The molecule has 134 valence electrons. The number of hydrogen-bond donors (Lipinski definition) is 2. The zero-order valence-electron chi connectivity index (χ0n) is 15.2. The number of nitrogens with zero attached hydrogens (tertiary/aromatic N) is 1. The molecule has 2 N–H and O–H groups in total. The minimum Gasteiger partial charge on any atom is -0.489 e. The first-order chi connectivity index (χ1) is 12.1. The molecule has 25 heavy (non-hydrogen) atoms. The second-order valence-corrected chi connectivity index (χ2v) is 6.18. The summed E-state index contributed by atoms with van der Waals surface area (Å²) in [7, 11) is 0. The van der Waals surface area contributed by atoms with Crippen molar-refractivity contribution in [1.82, 2.24) is 4.98 Å². The fraction of sp³-hybridized carbons (Fsp3) is 0.400. The summed E-state index contributed by atoms with van der Waals surface area (Å²) in [5, 5.41) is 6.15. The third-order valence-electron chi connectivity index (χ3n) is 3.61. The highest BCUT2D eigenvalue weighted by Gasteiger charge is 2.11. The SMILES string of the molecule is CCCCCNc1ccc(C(=O)Nc2ccccc2OC(C)C)cn1. The van der Waals surface area contributed by atoms with E-state index in [2.05, 4.69) is 22.5 Å². The van der Waals surface area contributed by atoms with Crippen LogP contribution in [0.2, 0.25) is 0 Å². The van der Waals surface area contributed by atoms with Crippen molar-refractivity contribution in [2.45, 2.75) is 46.1 Å². The van der Waals surface area contributed by atoms with Crippen LogP contribution in [0.15, 0.2) is 42.6 Å². The van der Waals surface area contributed by atoms with Gasteiger partial charge in [-0.25, -0.2) is 4.98 Å². The summed E-state index contributed by atoms with van der Waals surface area (Å²) in [6, 6.07) is 11.0. The molecule has 1 heterocycles. The van der Waals surface area contributed by atoms with Gasteiger partial charge in [0.25, 0.3) is 5.91 Å². The Hall–Kier alpha value is -2.56. The molecule has 0 aliphatic heterocycles. The number of aromatic nitrogens is 1. The monoisotopic (exact) mass is 341 g/mol. The third-order valence-corrected chi connectivity index (χ3v) is 3.61. The Morgan fingerprint density at radius 1 is 1.16 bits per heavy atom. The minimum atomic E-state index is -0.204. The summed E-state index contributed by atoms with van der Waals surface area (Å²) in [6.07, 6.45) is 5.13. The Balaban J connectivity index is 1.97. The molecule has 1 amide bonds. The van der Waals surface area contributed by atoms with E-state index in [0.29, 0.717) is 17.0 Å². The number of nitrogens with one attached hydrogen (secondary N) is 2. The molecule has 0 saturated carbocycles. The molecule has 5 nitrogen and oxygen atoms in total. The normalized spacial score (nSPS) is 10.6. The average molecular weight is 341 g/mol. The lowest BCUT2D eigenvalue weighted by Crippen LogP contribution is -2.15. The first-order valence-electron chi connectivity index (χ1n) is 8.87. The fourth-order valence-electron chi connectivity index (χ4n) is 2.35. The van der Waals surface area contributed by atoms with Gasteiger partial charge in [-0.15, -0.1) is 0 Å². The summed E-state index contributed by atoms with van der Waals surface area (Å²) in [5.41, 5.74) is 1.17. The number of pyridine rings is 1. The van der Waals surface area contributed by atoms with Crippen molar-refractivity contribution in [3.05, 3.63) is 48.2 Å². The summed E-state index contributed by atoms with van der Waals surface area (Å²) in [4.78, 5) is 16.7. The smallest absolute Gasteiger partial charge is 0.257 e. The van der Waals surface area contributed by atoms with Gasteiger partial charge in [-0.2, -0.15) is 0 Å². The lowest BCUT2D eigenvalue weighted by atomic mass is 10.2. The standard InChI is InChI=1S/C20H27N3O2/c1-4-5-8-13-21-19-12-11-16(14-22-19)20(24)23-17-9-6-7-10-18(17)25-15(2)3/h6-7,9-12,14-15H,4-5,8,13H2,1-3H3,(H,21,22)(H,23,24). The number of para-hydroxylation sites is 2. The number of amides is 1. The van der Waals surface area contributed by atoms with Crippen molar-refractivity contribution in [3.8, 4) is 5.75 Å². The van der Waals surface area contributed by atoms with Gasteiger partial charge in [0.1, 0.15) is 11.6 Å². The van der Waals surface area contributed by atoms with E-state index in [4.69, 9.17) is 4.74 Å². The van der Waals surface area contributed by atoms with Crippen molar-refractivity contribution in [2.75, 3.05) is 17.2 Å². The number of hydrogen-bond acceptors (Lipinski definition) is 4. The number of carbonyl (C=O) groups is 1. The summed E-state index contributed by atoms with van der Waals surface area (Å²) in [6.45, 7) is 6.98. The lowest BCUT2D eigenvalue weighted by molar-refractivity contribution is 0.102. The van der Waals surface area contributed by atoms with Crippen LogP contribution in [-0.2, 0) is 0 Å². The predicted octanol–water partition coefficient (Wildman–Crippen LogP) is 4.72. The van der Waals surface area contributed by atoms with Crippen LogP contribution in [0.3, 0.4) is 0 Å². The van der Waals surface area contributed by atoms with Crippen molar-refractivity contribution in [1.29, 1.82) is 0 Å². The lowest BCUT2D eigenvalue weighted by Gasteiger charge is -2.14. The van der Waals surface area contributed by atoms with E-state index in [1.807, 2.05) is 44.2 Å². The molecular weight excluding hydrogens is 314 g/mol. The molecule has 5 heteroatoms. The Kier molecular flexibility index (Phi) is 7.26. The van der Waals surface area contributed by atoms with E-state index >= 15 is 0 Å². The topological polar surface area (TPSA) is 63.2 Å². The van der Waals surface area contributed by atoms with Gasteiger partial charge in [-0.05, 0) is 44.5 Å². The molecule has 0 radical (unpaired) electrons. The Morgan fingerprint density at radius 2 is 1.96 bits per heavy atom. The van der Waals surface area contributed by atoms with E-state index < -0.39 is 0 Å². The van der Waals surface area contributed by atoms with E-state index in [9.17, 15) is 4.79 Å². The molecule has 0 bridgehead atoms. The molecule has 0 aliphatic carbocycles. The molecule has 1 aromatic carbocycles. The van der Waals surface area contributed by atoms with E-state index in [0.717, 1.165) is 18.8 Å².